The fourth-order valence-electron chi connectivity index (χ4n) is 3.71. The zero-order valence-corrected chi connectivity index (χ0v) is 17.3. The van der Waals surface area contributed by atoms with Crippen LogP contribution < -0.4 is 9.80 Å². The average Bonchev–Trinajstić information content (AvgIpc) is 3.24. The second-order valence-corrected chi connectivity index (χ2v) is 7.86. The van der Waals surface area contributed by atoms with Crippen molar-refractivity contribution in [3.05, 3.63) is 65.0 Å². The van der Waals surface area contributed by atoms with Crippen molar-refractivity contribution in [3.8, 4) is 11.5 Å². The summed E-state index contributed by atoms with van der Waals surface area (Å²) in [6.07, 6.45) is 0. The number of quaternary nitrogens is 1. The highest BCUT2D eigenvalue weighted by Crippen LogP contribution is 2.23. The molecule has 6 nitrogen and oxygen atoms in total. The molecule has 1 atom stereocenters. The monoisotopic (exact) mass is 411 g/mol. The van der Waals surface area contributed by atoms with Gasteiger partial charge in [-0.2, -0.15) is 0 Å². The molecule has 1 N–H and O–H groups in total. The van der Waals surface area contributed by atoms with Gasteiger partial charge < -0.3 is 14.2 Å². The van der Waals surface area contributed by atoms with Gasteiger partial charge in [-0.15, -0.1) is 10.2 Å². The Morgan fingerprint density at radius 3 is 2.52 bits per heavy atom. The third kappa shape index (κ3) is 4.33. The molecule has 1 aliphatic rings. The summed E-state index contributed by atoms with van der Waals surface area (Å²) < 4.78 is 5.94. The Labute approximate surface area is 175 Å². The van der Waals surface area contributed by atoms with Crippen LogP contribution in [0.25, 0.3) is 11.5 Å². The van der Waals surface area contributed by atoms with E-state index in [2.05, 4.69) is 22.0 Å². The maximum atomic E-state index is 11.5. The molecule has 0 bridgehead atoms. The molecule has 1 aromatic heterocycles. The molecule has 0 saturated carbocycles. The van der Waals surface area contributed by atoms with Crippen molar-refractivity contribution in [2.24, 2.45) is 0 Å². The van der Waals surface area contributed by atoms with Crippen molar-refractivity contribution in [2.75, 3.05) is 31.1 Å². The summed E-state index contributed by atoms with van der Waals surface area (Å²) in [5.41, 5.74) is 2.73. The number of anilines is 1. The molecular formula is C22H24ClN4O2+. The van der Waals surface area contributed by atoms with E-state index in [1.54, 1.807) is 6.92 Å². The topological polar surface area (TPSA) is 63.7 Å². The largest absolute Gasteiger partial charge is 0.415 e. The van der Waals surface area contributed by atoms with Gasteiger partial charge in [0.05, 0.1) is 26.2 Å². The first-order valence-corrected chi connectivity index (χ1v) is 10.2. The number of Topliss-reactive ketones (excluding diaryl/α,β-unsaturated/α-hetero) is 1. The van der Waals surface area contributed by atoms with E-state index in [9.17, 15) is 4.79 Å². The molecule has 0 radical (unpaired) electrons. The average molecular weight is 412 g/mol. The SMILES string of the molecule is CC(=O)c1ccc(N2CC[NH+]([C@H](C)c3nnc(-c4cccc(Cl)c4)o3)CC2)cc1. The van der Waals surface area contributed by atoms with E-state index in [-0.39, 0.29) is 11.8 Å². The Kier molecular flexibility index (Phi) is 5.65. The summed E-state index contributed by atoms with van der Waals surface area (Å²) in [4.78, 5) is 15.2. The highest BCUT2D eigenvalue weighted by Gasteiger charge is 2.29. The van der Waals surface area contributed by atoms with Crippen molar-refractivity contribution < 1.29 is 14.1 Å². The molecule has 7 heteroatoms. The molecule has 0 unspecified atom stereocenters. The first kappa shape index (κ1) is 19.6. The zero-order chi connectivity index (χ0) is 20.4. The predicted octanol–water partition coefficient (Wildman–Crippen LogP) is 3.06. The molecule has 1 fully saturated rings. The maximum absolute atomic E-state index is 11.5. The molecule has 0 spiro atoms. The van der Waals surface area contributed by atoms with E-state index >= 15 is 0 Å². The summed E-state index contributed by atoms with van der Waals surface area (Å²) in [5.74, 6) is 1.24. The number of hydrogen-bond acceptors (Lipinski definition) is 5. The van der Waals surface area contributed by atoms with Crippen LogP contribution >= 0.6 is 11.6 Å². The van der Waals surface area contributed by atoms with Crippen LogP contribution in [0.5, 0.6) is 0 Å². The number of carbonyl (C=O) groups is 1. The molecule has 2 aromatic carbocycles. The minimum Gasteiger partial charge on any atom is -0.415 e. The van der Waals surface area contributed by atoms with Crippen molar-refractivity contribution in [3.63, 3.8) is 0 Å². The molecular weight excluding hydrogens is 388 g/mol. The summed E-state index contributed by atoms with van der Waals surface area (Å²) in [5, 5.41) is 9.12. The number of hydrogen-bond donors (Lipinski definition) is 1. The Bertz CT molecular complexity index is 994. The van der Waals surface area contributed by atoms with Crippen molar-refractivity contribution >= 4 is 23.1 Å². The zero-order valence-electron chi connectivity index (χ0n) is 16.6. The van der Waals surface area contributed by atoms with Crippen LogP contribution in [0.2, 0.25) is 5.02 Å². The number of carbonyl (C=O) groups excluding carboxylic acids is 1. The van der Waals surface area contributed by atoms with Gasteiger partial charge in [-0.25, -0.2) is 0 Å². The van der Waals surface area contributed by atoms with E-state index in [0.717, 1.165) is 43.0 Å². The summed E-state index contributed by atoms with van der Waals surface area (Å²) in [6, 6.07) is 15.4. The maximum Gasteiger partial charge on any atom is 0.274 e. The van der Waals surface area contributed by atoms with E-state index < -0.39 is 0 Å². The lowest BCUT2D eigenvalue weighted by Crippen LogP contribution is -3.14. The normalized spacial score (nSPS) is 16.0. The number of aromatic nitrogens is 2. The fourth-order valence-corrected chi connectivity index (χ4v) is 3.90. The first-order chi connectivity index (χ1) is 14.0. The van der Waals surface area contributed by atoms with Gasteiger partial charge in [-0.3, -0.25) is 4.79 Å². The summed E-state index contributed by atoms with van der Waals surface area (Å²) in [6.45, 7) is 7.55. The lowest BCUT2D eigenvalue weighted by molar-refractivity contribution is -0.931. The van der Waals surface area contributed by atoms with Crippen molar-refractivity contribution in [2.45, 2.75) is 19.9 Å². The minimum absolute atomic E-state index is 0.0938. The van der Waals surface area contributed by atoms with Crippen molar-refractivity contribution in [1.29, 1.82) is 0 Å². The number of benzene rings is 2. The van der Waals surface area contributed by atoms with Crippen LogP contribution in [-0.4, -0.2) is 42.2 Å². The number of nitrogens with zero attached hydrogens (tertiary/aromatic N) is 3. The lowest BCUT2D eigenvalue weighted by Gasteiger charge is -2.35. The van der Waals surface area contributed by atoms with E-state index in [1.807, 2.05) is 48.5 Å². The molecule has 29 heavy (non-hydrogen) atoms. The molecule has 1 saturated heterocycles. The van der Waals surface area contributed by atoms with Crippen LogP contribution in [0.1, 0.15) is 36.1 Å². The van der Waals surface area contributed by atoms with Gasteiger partial charge in [0.1, 0.15) is 0 Å². The Morgan fingerprint density at radius 1 is 1.14 bits per heavy atom. The van der Waals surface area contributed by atoms with Crippen molar-refractivity contribution in [1.82, 2.24) is 10.2 Å². The lowest BCUT2D eigenvalue weighted by atomic mass is 10.1. The third-order valence-corrected chi connectivity index (χ3v) is 5.77. The van der Waals surface area contributed by atoms with E-state index in [4.69, 9.17) is 16.0 Å². The standard InChI is InChI=1S/C22H23ClN4O2/c1-15(21-24-25-22(29-21)18-4-3-5-19(23)14-18)26-10-12-27(13-11-26)20-8-6-17(7-9-20)16(2)28/h3-9,14-15H,10-13H2,1-2H3/p+1/t15-/m1/s1. The van der Waals surface area contributed by atoms with E-state index in [1.165, 1.54) is 4.90 Å². The van der Waals surface area contributed by atoms with Crippen LogP contribution in [0.3, 0.4) is 0 Å². The summed E-state index contributed by atoms with van der Waals surface area (Å²) in [7, 11) is 0. The second kappa shape index (κ2) is 8.35. The van der Waals surface area contributed by atoms with Gasteiger partial charge >= 0.3 is 0 Å². The molecule has 4 rings (SSSR count). The Morgan fingerprint density at radius 2 is 1.86 bits per heavy atom. The Balaban J connectivity index is 1.39. The van der Waals surface area contributed by atoms with Crippen LogP contribution in [0.4, 0.5) is 5.69 Å². The molecule has 0 amide bonds. The first-order valence-electron chi connectivity index (χ1n) is 9.81. The third-order valence-electron chi connectivity index (χ3n) is 5.54. The molecule has 2 heterocycles. The van der Waals surface area contributed by atoms with Gasteiger partial charge in [-0.05, 0) is 56.3 Å². The van der Waals surface area contributed by atoms with Gasteiger partial charge in [0.25, 0.3) is 5.89 Å². The van der Waals surface area contributed by atoms with E-state index in [0.29, 0.717) is 16.8 Å². The Hall–Kier alpha value is -2.70. The molecule has 150 valence electrons. The van der Waals surface area contributed by atoms with Gasteiger partial charge in [0, 0.05) is 21.8 Å². The van der Waals surface area contributed by atoms with Crippen LogP contribution in [0, 0.1) is 0 Å². The number of piperazine rings is 1. The van der Waals surface area contributed by atoms with Crippen LogP contribution in [-0.2, 0) is 0 Å². The van der Waals surface area contributed by atoms with Crippen LogP contribution in [0.15, 0.2) is 52.9 Å². The highest BCUT2D eigenvalue weighted by molar-refractivity contribution is 6.30. The second-order valence-electron chi connectivity index (χ2n) is 7.43. The quantitative estimate of drug-likeness (QED) is 0.654. The number of halogens is 1. The number of ketones is 1. The molecule has 0 aliphatic carbocycles. The fraction of sp³-hybridized carbons (Fsp3) is 0.318. The number of rotatable bonds is 5. The smallest absolute Gasteiger partial charge is 0.274 e. The number of nitrogens with one attached hydrogen (secondary N) is 1. The minimum atomic E-state index is 0.0938. The predicted molar refractivity (Wildman–Crippen MR) is 113 cm³/mol. The van der Waals surface area contributed by atoms with Gasteiger partial charge in [0.2, 0.25) is 5.89 Å². The van der Waals surface area contributed by atoms with Gasteiger partial charge in [-0.1, -0.05) is 17.7 Å². The molecule has 3 aromatic rings. The molecule has 1 aliphatic heterocycles. The summed E-state index contributed by atoms with van der Waals surface area (Å²) >= 11 is 6.06. The highest BCUT2D eigenvalue weighted by atomic mass is 35.5. The van der Waals surface area contributed by atoms with Gasteiger partial charge in [0.15, 0.2) is 11.8 Å².